The van der Waals surface area contributed by atoms with Gasteiger partial charge >= 0.3 is 0 Å². The summed E-state index contributed by atoms with van der Waals surface area (Å²) in [6, 6.07) is 20.9. The van der Waals surface area contributed by atoms with Crippen molar-refractivity contribution in [2.24, 2.45) is 0 Å². The Bertz CT molecular complexity index is 1020. The van der Waals surface area contributed by atoms with Gasteiger partial charge in [0, 0.05) is 29.8 Å². The summed E-state index contributed by atoms with van der Waals surface area (Å²) < 4.78 is 5.31. The predicted octanol–water partition coefficient (Wildman–Crippen LogP) is 5.34. The lowest BCUT2D eigenvalue weighted by molar-refractivity contribution is -0.384. The first-order valence-corrected chi connectivity index (χ1v) is 9.21. The number of ketones is 1. The van der Waals surface area contributed by atoms with Crippen LogP contribution in [-0.2, 0) is 0 Å². The maximum atomic E-state index is 12.9. The Labute approximate surface area is 169 Å². The van der Waals surface area contributed by atoms with Crippen LogP contribution in [-0.4, -0.2) is 17.8 Å². The lowest BCUT2D eigenvalue weighted by Gasteiger charge is -2.21. The van der Waals surface area contributed by atoms with E-state index in [9.17, 15) is 14.9 Å². The number of ether oxygens (including phenoxy) is 1. The van der Waals surface area contributed by atoms with Crippen LogP contribution in [0.1, 0.15) is 33.9 Å². The van der Waals surface area contributed by atoms with Gasteiger partial charge in [-0.05, 0) is 42.8 Å². The van der Waals surface area contributed by atoms with Crippen molar-refractivity contribution in [2.75, 3.05) is 12.4 Å². The van der Waals surface area contributed by atoms with E-state index >= 15 is 0 Å². The van der Waals surface area contributed by atoms with Gasteiger partial charge in [0.1, 0.15) is 5.75 Å². The smallest absolute Gasteiger partial charge is 0.269 e. The number of aryl methyl sites for hydroxylation is 1. The van der Waals surface area contributed by atoms with E-state index in [1.54, 1.807) is 19.2 Å². The summed E-state index contributed by atoms with van der Waals surface area (Å²) in [5, 5.41) is 14.2. The Morgan fingerprint density at radius 3 is 2.45 bits per heavy atom. The van der Waals surface area contributed by atoms with E-state index in [-0.39, 0.29) is 23.9 Å². The summed E-state index contributed by atoms with van der Waals surface area (Å²) in [7, 11) is 1.59. The monoisotopic (exact) mass is 390 g/mol. The first-order valence-electron chi connectivity index (χ1n) is 9.21. The van der Waals surface area contributed by atoms with E-state index in [4.69, 9.17) is 4.74 Å². The van der Waals surface area contributed by atoms with Gasteiger partial charge < -0.3 is 10.1 Å². The summed E-state index contributed by atoms with van der Waals surface area (Å²) in [4.78, 5) is 23.4. The van der Waals surface area contributed by atoms with Crippen LogP contribution < -0.4 is 10.1 Å². The molecule has 3 aromatic carbocycles. The molecule has 0 bridgehead atoms. The number of nitrogens with zero attached hydrogens (tertiary/aromatic N) is 1. The summed E-state index contributed by atoms with van der Waals surface area (Å²) in [6.07, 6.45) is 0.230. The molecule has 0 aromatic heterocycles. The fraction of sp³-hybridized carbons (Fsp3) is 0.174. The lowest BCUT2D eigenvalue weighted by Crippen LogP contribution is -2.16. The van der Waals surface area contributed by atoms with Crippen LogP contribution in [0.4, 0.5) is 11.4 Å². The topological polar surface area (TPSA) is 81.5 Å². The maximum Gasteiger partial charge on any atom is 0.269 e. The number of hydrogen-bond acceptors (Lipinski definition) is 5. The zero-order chi connectivity index (χ0) is 20.8. The van der Waals surface area contributed by atoms with Gasteiger partial charge in [0.2, 0.25) is 0 Å². The van der Waals surface area contributed by atoms with Crippen molar-refractivity contribution < 1.29 is 14.5 Å². The van der Waals surface area contributed by atoms with Crippen LogP contribution in [0.5, 0.6) is 5.75 Å². The quantitative estimate of drug-likeness (QED) is 0.319. The molecule has 0 saturated heterocycles. The van der Waals surface area contributed by atoms with Crippen LogP contribution in [0, 0.1) is 17.0 Å². The number of benzene rings is 3. The van der Waals surface area contributed by atoms with Crippen LogP contribution in [0.25, 0.3) is 0 Å². The van der Waals surface area contributed by atoms with Gasteiger partial charge in [-0.2, -0.15) is 0 Å². The van der Waals surface area contributed by atoms with Gasteiger partial charge in [0.05, 0.1) is 18.1 Å². The molecule has 0 radical (unpaired) electrons. The third-order valence-electron chi connectivity index (χ3n) is 4.64. The van der Waals surface area contributed by atoms with Gasteiger partial charge in [-0.1, -0.05) is 35.9 Å². The highest BCUT2D eigenvalue weighted by atomic mass is 16.6. The minimum atomic E-state index is -0.440. The van der Waals surface area contributed by atoms with Crippen molar-refractivity contribution in [1.82, 2.24) is 0 Å². The summed E-state index contributed by atoms with van der Waals surface area (Å²) in [6.45, 7) is 1.95. The van der Waals surface area contributed by atoms with Gasteiger partial charge in [-0.3, -0.25) is 14.9 Å². The number of hydrogen-bond donors (Lipinski definition) is 1. The van der Waals surface area contributed by atoms with Crippen molar-refractivity contribution in [3.63, 3.8) is 0 Å². The van der Waals surface area contributed by atoms with Crippen LogP contribution in [0.3, 0.4) is 0 Å². The molecular weight excluding hydrogens is 368 g/mol. The predicted molar refractivity (Wildman–Crippen MR) is 113 cm³/mol. The Hall–Kier alpha value is -3.67. The fourth-order valence-corrected chi connectivity index (χ4v) is 3.11. The Balaban J connectivity index is 1.88. The lowest BCUT2D eigenvalue weighted by atomic mass is 9.96. The van der Waals surface area contributed by atoms with E-state index in [1.807, 2.05) is 55.5 Å². The van der Waals surface area contributed by atoms with E-state index in [0.717, 1.165) is 11.1 Å². The van der Waals surface area contributed by atoms with Gasteiger partial charge in [0.25, 0.3) is 5.69 Å². The number of rotatable bonds is 8. The molecular formula is C23H22N2O4. The molecule has 29 heavy (non-hydrogen) atoms. The molecule has 0 saturated carbocycles. The molecule has 0 aliphatic heterocycles. The summed E-state index contributed by atoms with van der Waals surface area (Å²) in [5.74, 6) is 0.705. The molecule has 0 spiro atoms. The molecule has 1 unspecified atom stereocenters. The molecule has 1 N–H and O–H groups in total. The van der Waals surface area contributed by atoms with Crippen LogP contribution in [0.15, 0.2) is 72.8 Å². The maximum absolute atomic E-state index is 12.9. The van der Waals surface area contributed by atoms with E-state index in [2.05, 4.69) is 5.32 Å². The second kappa shape index (κ2) is 9.01. The molecule has 0 aliphatic carbocycles. The molecule has 0 heterocycles. The Morgan fingerprint density at radius 1 is 1.07 bits per heavy atom. The number of nitro groups is 1. The van der Waals surface area contributed by atoms with Crippen LogP contribution in [0.2, 0.25) is 0 Å². The highest BCUT2D eigenvalue weighted by Gasteiger charge is 2.18. The number of methoxy groups -OCH3 is 1. The van der Waals surface area contributed by atoms with E-state index in [1.165, 1.54) is 12.1 Å². The van der Waals surface area contributed by atoms with Crippen molar-refractivity contribution in [3.05, 3.63) is 99.6 Å². The number of Topliss-reactive ketones (excluding diaryl/α,β-unsaturated/α-hetero) is 1. The average molecular weight is 390 g/mol. The number of nitrogens with one attached hydrogen (secondary N) is 1. The zero-order valence-corrected chi connectivity index (χ0v) is 16.3. The molecule has 148 valence electrons. The molecule has 6 heteroatoms. The second-order valence-corrected chi connectivity index (χ2v) is 6.77. The number of carbonyl (C=O) groups excluding carboxylic acids is 1. The number of carbonyl (C=O) groups is 1. The highest BCUT2D eigenvalue weighted by Crippen LogP contribution is 2.28. The van der Waals surface area contributed by atoms with Gasteiger partial charge in [-0.15, -0.1) is 0 Å². The van der Waals surface area contributed by atoms with Crippen molar-refractivity contribution in [1.29, 1.82) is 0 Å². The van der Waals surface area contributed by atoms with Gasteiger partial charge in [0.15, 0.2) is 5.78 Å². The van der Waals surface area contributed by atoms with E-state index < -0.39 is 4.92 Å². The molecule has 3 aromatic rings. The molecule has 0 amide bonds. The minimum Gasteiger partial charge on any atom is -0.497 e. The molecule has 0 fully saturated rings. The number of anilines is 1. The summed E-state index contributed by atoms with van der Waals surface area (Å²) >= 11 is 0. The van der Waals surface area contributed by atoms with Gasteiger partial charge in [-0.25, -0.2) is 0 Å². The Kier molecular flexibility index (Phi) is 6.24. The Morgan fingerprint density at radius 2 is 1.79 bits per heavy atom. The molecule has 0 aliphatic rings. The largest absolute Gasteiger partial charge is 0.497 e. The normalized spacial score (nSPS) is 11.5. The first-order chi connectivity index (χ1) is 14.0. The third kappa shape index (κ3) is 5.19. The zero-order valence-electron chi connectivity index (χ0n) is 16.3. The second-order valence-electron chi connectivity index (χ2n) is 6.77. The number of non-ortho nitro benzene ring substituents is 1. The fourth-order valence-electron chi connectivity index (χ4n) is 3.11. The van der Waals surface area contributed by atoms with Crippen molar-refractivity contribution in [3.8, 4) is 5.75 Å². The van der Waals surface area contributed by atoms with Crippen LogP contribution >= 0.6 is 0 Å². The summed E-state index contributed by atoms with van der Waals surface area (Å²) in [5.41, 5.74) is 3.29. The van der Waals surface area contributed by atoms with Crippen molar-refractivity contribution >= 4 is 17.2 Å². The minimum absolute atomic E-state index is 0.0101. The highest BCUT2D eigenvalue weighted by molar-refractivity contribution is 5.96. The average Bonchev–Trinajstić information content (AvgIpc) is 2.73. The molecule has 1 atom stereocenters. The molecule has 3 rings (SSSR count). The van der Waals surface area contributed by atoms with E-state index in [0.29, 0.717) is 17.0 Å². The molecule has 6 nitrogen and oxygen atoms in total. The third-order valence-corrected chi connectivity index (χ3v) is 4.64. The first kappa shape index (κ1) is 20.1. The SMILES string of the molecule is COc1cccc(C(CC(=O)c2cccc(C)c2)Nc2ccc([N+](=O)[O-])cc2)c1. The standard InChI is InChI=1S/C23H22N2O4/c1-16-5-3-7-18(13-16)23(26)15-22(17-6-4-8-21(14-17)29-2)24-19-9-11-20(12-10-19)25(27)28/h3-14,22,24H,15H2,1-2H3. The van der Waals surface area contributed by atoms with Crippen molar-refractivity contribution in [2.45, 2.75) is 19.4 Å². The number of nitro benzene ring substituents is 1.